The zero-order valence-corrected chi connectivity index (χ0v) is 12.3. The Kier molecular flexibility index (Phi) is 5.14. The Balaban J connectivity index is 2.30. The van der Waals surface area contributed by atoms with Gasteiger partial charge in [-0.2, -0.15) is 13.2 Å². The largest absolute Gasteiger partial charge is 0.416 e. The normalized spacial score (nSPS) is 15.3. The first-order valence-electron chi connectivity index (χ1n) is 7.51. The highest BCUT2D eigenvalue weighted by molar-refractivity contribution is 5.56. The van der Waals surface area contributed by atoms with Gasteiger partial charge in [0.05, 0.1) is 5.56 Å². The first-order chi connectivity index (χ1) is 9.95. The SMILES string of the molecule is CCCN(CC1CC1)c1ccc(C(F)(F)F)cc1CCO. The van der Waals surface area contributed by atoms with Crippen LogP contribution in [0.25, 0.3) is 0 Å². The number of hydrogen-bond donors (Lipinski definition) is 1. The van der Waals surface area contributed by atoms with E-state index in [1.165, 1.54) is 18.9 Å². The van der Waals surface area contributed by atoms with E-state index in [1.807, 2.05) is 0 Å². The number of anilines is 1. The number of nitrogens with zero attached hydrogens (tertiary/aromatic N) is 1. The molecule has 1 aromatic rings. The number of benzene rings is 1. The third kappa shape index (κ3) is 4.37. The summed E-state index contributed by atoms with van der Waals surface area (Å²) in [5.74, 6) is 0.667. The summed E-state index contributed by atoms with van der Waals surface area (Å²) in [6.07, 6.45) is -0.725. The summed E-state index contributed by atoms with van der Waals surface area (Å²) < 4.78 is 38.5. The summed E-state index contributed by atoms with van der Waals surface area (Å²) in [5.41, 5.74) is 0.782. The predicted molar refractivity (Wildman–Crippen MR) is 77.5 cm³/mol. The van der Waals surface area contributed by atoms with E-state index in [9.17, 15) is 13.2 Å². The second-order valence-corrected chi connectivity index (χ2v) is 5.70. The molecule has 0 radical (unpaired) electrons. The Bertz CT molecular complexity index is 469. The molecule has 118 valence electrons. The minimum Gasteiger partial charge on any atom is -0.396 e. The summed E-state index contributed by atoms with van der Waals surface area (Å²) in [5, 5.41) is 9.14. The van der Waals surface area contributed by atoms with Crippen LogP contribution in [0.3, 0.4) is 0 Å². The van der Waals surface area contributed by atoms with Crippen molar-refractivity contribution in [3.8, 4) is 0 Å². The molecule has 0 aliphatic heterocycles. The molecule has 1 aromatic carbocycles. The lowest BCUT2D eigenvalue weighted by Crippen LogP contribution is -2.28. The van der Waals surface area contributed by atoms with Gasteiger partial charge in [-0.15, -0.1) is 0 Å². The molecule has 0 heterocycles. The number of hydrogen-bond acceptors (Lipinski definition) is 2. The van der Waals surface area contributed by atoms with E-state index in [4.69, 9.17) is 5.11 Å². The molecule has 0 unspecified atom stereocenters. The van der Waals surface area contributed by atoms with Crippen LogP contribution >= 0.6 is 0 Å². The van der Waals surface area contributed by atoms with Gasteiger partial charge in [-0.3, -0.25) is 0 Å². The van der Waals surface area contributed by atoms with Crippen molar-refractivity contribution in [1.82, 2.24) is 0 Å². The molecule has 0 spiro atoms. The molecule has 0 amide bonds. The second kappa shape index (κ2) is 6.69. The standard InChI is InChI=1S/C16H22F3NO/c1-2-8-20(11-12-3-4-12)15-6-5-14(16(17,18)19)10-13(15)7-9-21/h5-6,10,12,21H,2-4,7-9,11H2,1H3. The van der Waals surface area contributed by atoms with Crippen LogP contribution in [0.1, 0.15) is 37.3 Å². The maximum absolute atomic E-state index is 12.8. The molecule has 1 fully saturated rings. The van der Waals surface area contributed by atoms with Gasteiger partial charge < -0.3 is 10.0 Å². The molecule has 0 saturated heterocycles. The first-order valence-corrected chi connectivity index (χ1v) is 7.51. The summed E-state index contributed by atoms with van der Waals surface area (Å²) in [6.45, 7) is 3.66. The smallest absolute Gasteiger partial charge is 0.396 e. The zero-order valence-electron chi connectivity index (χ0n) is 12.3. The Morgan fingerprint density at radius 1 is 1.29 bits per heavy atom. The van der Waals surface area contributed by atoms with Gasteiger partial charge in [0.1, 0.15) is 0 Å². The average Bonchev–Trinajstić information content (AvgIpc) is 3.21. The van der Waals surface area contributed by atoms with Crippen LogP contribution < -0.4 is 4.90 Å². The van der Waals surface area contributed by atoms with Gasteiger partial charge in [-0.05, 0) is 55.4 Å². The van der Waals surface area contributed by atoms with E-state index < -0.39 is 11.7 Å². The van der Waals surface area contributed by atoms with Crippen LogP contribution in [0.4, 0.5) is 18.9 Å². The summed E-state index contributed by atoms with van der Waals surface area (Å²) >= 11 is 0. The van der Waals surface area contributed by atoms with Crippen molar-refractivity contribution in [1.29, 1.82) is 0 Å². The lowest BCUT2D eigenvalue weighted by Gasteiger charge is -2.27. The van der Waals surface area contributed by atoms with Crippen LogP contribution in [0.2, 0.25) is 0 Å². The van der Waals surface area contributed by atoms with Crippen LogP contribution in [-0.4, -0.2) is 24.8 Å². The van der Waals surface area contributed by atoms with E-state index >= 15 is 0 Å². The molecule has 1 aliphatic carbocycles. The van der Waals surface area contributed by atoms with Crippen molar-refractivity contribution in [2.24, 2.45) is 5.92 Å². The van der Waals surface area contributed by atoms with Crippen molar-refractivity contribution in [3.05, 3.63) is 29.3 Å². The van der Waals surface area contributed by atoms with Gasteiger partial charge in [0, 0.05) is 25.4 Å². The Morgan fingerprint density at radius 3 is 2.52 bits per heavy atom. The maximum Gasteiger partial charge on any atom is 0.416 e. The van der Waals surface area contributed by atoms with Crippen molar-refractivity contribution in [2.45, 2.75) is 38.8 Å². The number of aliphatic hydroxyl groups is 1. The first kappa shape index (κ1) is 16.1. The minimum atomic E-state index is -4.34. The molecular formula is C16H22F3NO. The highest BCUT2D eigenvalue weighted by Gasteiger charge is 2.32. The monoisotopic (exact) mass is 301 g/mol. The minimum absolute atomic E-state index is 0.141. The molecule has 21 heavy (non-hydrogen) atoms. The second-order valence-electron chi connectivity index (χ2n) is 5.70. The quantitative estimate of drug-likeness (QED) is 0.826. The molecule has 5 heteroatoms. The van der Waals surface area contributed by atoms with Gasteiger partial charge in [-0.1, -0.05) is 6.92 Å². The fourth-order valence-corrected chi connectivity index (χ4v) is 2.58. The van der Waals surface area contributed by atoms with Crippen molar-refractivity contribution < 1.29 is 18.3 Å². The predicted octanol–water partition coefficient (Wildman–Crippen LogP) is 3.87. The summed E-state index contributed by atoms with van der Waals surface area (Å²) in [4.78, 5) is 2.17. The van der Waals surface area contributed by atoms with Crippen molar-refractivity contribution >= 4 is 5.69 Å². The Labute approximate surface area is 123 Å². The highest BCUT2D eigenvalue weighted by Crippen LogP contribution is 2.36. The molecule has 1 aliphatic rings. The van der Waals surface area contributed by atoms with E-state index in [2.05, 4.69) is 11.8 Å². The molecule has 0 aromatic heterocycles. The molecule has 1 N–H and O–H groups in total. The van der Waals surface area contributed by atoms with Gasteiger partial charge in [0.15, 0.2) is 0 Å². The summed E-state index contributed by atoms with van der Waals surface area (Å²) in [7, 11) is 0. The zero-order chi connectivity index (χ0) is 15.5. The molecule has 2 nitrogen and oxygen atoms in total. The summed E-state index contributed by atoms with van der Waals surface area (Å²) in [6, 6.07) is 3.89. The molecule has 0 bridgehead atoms. The van der Waals surface area contributed by atoms with Gasteiger partial charge in [0.25, 0.3) is 0 Å². The fraction of sp³-hybridized carbons (Fsp3) is 0.625. The topological polar surface area (TPSA) is 23.5 Å². The third-order valence-electron chi connectivity index (χ3n) is 3.80. The van der Waals surface area contributed by atoms with E-state index in [1.54, 1.807) is 6.07 Å². The van der Waals surface area contributed by atoms with E-state index in [-0.39, 0.29) is 13.0 Å². The van der Waals surface area contributed by atoms with Gasteiger partial charge in [0.2, 0.25) is 0 Å². The number of rotatable bonds is 7. The van der Waals surface area contributed by atoms with Crippen molar-refractivity contribution in [2.75, 3.05) is 24.6 Å². The van der Waals surface area contributed by atoms with Crippen LogP contribution in [0.5, 0.6) is 0 Å². The number of aliphatic hydroxyl groups excluding tert-OH is 1. The molecule has 0 atom stereocenters. The Morgan fingerprint density at radius 2 is 2.00 bits per heavy atom. The molecule has 1 saturated carbocycles. The molecular weight excluding hydrogens is 279 g/mol. The number of alkyl halides is 3. The van der Waals surface area contributed by atoms with Gasteiger partial charge >= 0.3 is 6.18 Å². The Hall–Kier alpha value is -1.23. The number of halogens is 3. The van der Waals surface area contributed by atoms with E-state index in [0.29, 0.717) is 11.5 Å². The van der Waals surface area contributed by atoms with Crippen LogP contribution in [-0.2, 0) is 12.6 Å². The van der Waals surface area contributed by atoms with E-state index in [0.717, 1.165) is 31.3 Å². The highest BCUT2D eigenvalue weighted by atomic mass is 19.4. The fourth-order valence-electron chi connectivity index (χ4n) is 2.58. The maximum atomic E-state index is 12.8. The van der Waals surface area contributed by atoms with Crippen LogP contribution in [0.15, 0.2) is 18.2 Å². The van der Waals surface area contributed by atoms with Gasteiger partial charge in [-0.25, -0.2) is 0 Å². The average molecular weight is 301 g/mol. The molecule has 2 rings (SSSR count). The van der Waals surface area contributed by atoms with Crippen molar-refractivity contribution in [3.63, 3.8) is 0 Å². The lowest BCUT2D eigenvalue weighted by molar-refractivity contribution is -0.137. The third-order valence-corrected chi connectivity index (χ3v) is 3.80. The van der Waals surface area contributed by atoms with Crippen LogP contribution in [0, 0.1) is 5.92 Å². The lowest BCUT2D eigenvalue weighted by atomic mass is 10.0.